The molecule has 0 bridgehead atoms. The Morgan fingerprint density at radius 3 is 2.85 bits per heavy atom. The summed E-state index contributed by atoms with van der Waals surface area (Å²) >= 11 is 5.80. The van der Waals surface area contributed by atoms with Crippen LogP contribution in [0.25, 0.3) is 5.03 Å². The van der Waals surface area contributed by atoms with Crippen LogP contribution in [0.3, 0.4) is 0 Å². The lowest BCUT2D eigenvalue weighted by atomic mass is 10.2. The Balaban J connectivity index is 3.17. The molecule has 0 fully saturated rings. The number of nitrogens with one attached hydrogen (secondary N) is 2. The molecule has 0 aromatic carbocycles. The van der Waals surface area contributed by atoms with E-state index in [1.54, 1.807) is 18.3 Å². The lowest BCUT2D eigenvalue weighted by molar-refractivity contribution is 1.36. The molecule has 0 amide bonds. The van der Waals surface area contributed by atoms with Crippen LogP contribution >= 0.6 is 11.6 Å². The summed E-state index contributed by atoms with van der Waals surface area (Å²) in [5.74, 6) is 0. The van der Waals surface area contributed by atoms with Crippen LogP contribution < -0.4 is 5.73 Å². The number of hydrogen-bond donors (Lipinski definition) is 3. The van der Waals surface area contributed by atoms with E-state index in [0.29, 0.717) is 11.4 Å². The molecule has 0 saturated heterocycles. The van der Waals surface area contributed by atoms with E-state index in [1.807, 2.05) is 0 Å². The number of hydrogen-bond acceptors (Lipinski definition) is 3. The molecule has 0 spiro atoms. The van der Waals surface area contributed by atoms with E-state index in [-0.39, 0.29) is 10.6 Å². The van der Waals surface area contributed by atoms with Crippen molar-refractivity contribution >= 4 is 28.5 Å². The molecule has 0 aliphatic carbocycles. The van der Waals surface area contributed by atoms with Crippen LogP contribution in [0.5, 0.6) is 0 Å². The first-order valence-electron chi connectivity index (χ1n) is 3.43. The second kappa shape index (κ2) is 3.78. The minimum absolute atomic E-state index is 0.100. The van der Waals surface area contributed by atoms with Gasteiger partial charge in [-0.05, 0) is 6.07 Å². The van der Waals surface area contributed by atoms with Gasteiger partial charge in [0.2, 0.25) is 0 Å². The summed E-state index contributed by atoms with van der Waals surface area (Å²) in [7, 11) is 0. The van der Waals surface area contributed by atoms with Gasteiger partial charge in [0.25, 0.3) is 0 Å². The van der Waals surface area contributed by atoms with Crippen molar-refractivity contribution < 1.29 is 0 Å². The first-order chi connectivity index (χ1) is 6.19. The van der Waals surface area contributed by atoms with Crippen molar-refractivity contribution in [3.05, 3.63) is 23.5 Å². The maximum atomic E-state index is 8.58. The number of aromatic nitrogens is 1. The van der Waals surface area contributed by atoms with Gasteiger partial charge in [-0.3, -0.25) is 0 Å². The summed E-state index contributed by atoms with van der Waals surface area (Å²) in [6, 6.07) is 3.40. The molecule has 0 atom stereocenters. The van der Waals surface area contributed by atoms with E-state index in [4.69, 9.17) is 28.0 Å². The number of allylic oxidation sites excluding steroid dienone is 1. The Morgan fingerprint density at radius 1 is 1.77 bits per heavy atom. The average Bonchev–Trinajstić information content (AvgIpc) is 2.54. The molecule has 5 heteroatoms. The summed E-state index contributed by atoms with van der Waals surface area (Å²) in [6.45, 7) is 0. The van der Waals surface area contributed by atoms with Gasteiger partial charge in [0.15, 0.2) is 0 Å². The summed E-state index contributed by atoms with van der Waals surface area (Å²) < 4.78 is 0. The molecule has 1 heterocycles. The molecule has 4 nitrogen and oxygen atoms in total. The monoisotopic (exact) mass is 194 g/mol. The fourth-order valence-corrected chi connectivity index (χ4v) is 1.03. The summed E-state index contributed by atoms with van der Waals surface area (Å²) in [5, 5.41) is 15.7. The summed E-state index contributed by atoms with van der Waals surface area (Å²) in [6.07, 6.45) is 2.47. The fraction of sp³-hybridized carbons (Fsp3) is 0. The molecular formula is C8H7ClN4. The third kappa shape index (κ3) is 1.89. The minimum atomic E-state index is 0.100. The molecular weight excluding hydrogens is 188 g/mol. The highest BCUT2D eigenvalue weighted by Gasteiger charge is 2.05. The molecule has 0 aliphatic heterocycles. The minimum Gasteiger partial charge on any atom is -0.397 e. The maximum Gasteiger partial charge on any atom is 0.102 e. The van der Waals surface area contributed by atoms with E-state index >= 15 is 0 Å². The molecule has 1 rings (SSSR count). The standard InChI is InChI=1S/C8H7ClN4/c9-8(5(2-10)3-11)7-1-6(12)4-13-7/h1-2,4,10,13H,12H2/b8-5-,10-2?. The smallest absolute Gasteiger partial charge is 0.102 e. The molecule has 13 heavy (non-hydrogen) atoms. The first kappa shape index (κ1) is 9.36. The second-order valence-corrected chi connectivity index (χ2v) is 2.71. The van der Waals surface area contributed by atoms with Gasteiger partial charge in [-0.25, -0.2) is 0 Å². The highest BCUT2D eigenvalue weighted by molar-refractivity contribution is 6.50. The summed E-state index contributed by atoms with van der Waals surface area (Å²) in [4.78, 5) is 2.79. The quantitative estimate of drug-likeness (QED) is 0.494. The van der Waals surface area contributed by atoms with E-state index in [9.17, 15) is 0 Å². The number of rotatable bonds is 2. The lowest BCUT2D eigenvalue weighted by Gasteiger charge is -1.94. The van der Waals surface area contributed by atoms with Crippen LogP contribution in [0.15, 0.2) is 17.8 Å². The third-order valence-electron chi connectivity index (χ3n) is 1.44. The molecule has 0 unspecified atom stereocenters. The van der Waals surface area contributed by atoms with Gasteiger partial charge in [-0.2, -0.15) is 5.26 Å². The van der Waals surface area contributed by atoms with E-state index in [0.717, 1.165) is 6.21 Å². The predicted octanol–water partition coefficient (Wildman–Crippen LogP) is 1.72. The molecule has 4 N–H and O–H groups in total. The Bertz CT molecular complexity index is 397. The van der Waals surface area contributed by atoms with Crippen molar-refractivity contribution in [1.29, 1.82) is 10.7 Å². The van der Waals surface area contributed by atoms with Crippen molar-refractivity contribution in [2.45, 2.75) is 0 Å². The van der Waals surface area contributed by atoms with Crippen molar-refractivity contribution in [1.82, 2.24) is 4.98 Å². The van der Waals surface area contributed by atoms with Gasteiger partial charge < -0.3 is 16.1 Å². The third-order valence-corrected chi connectivity index (χ3v) is 1.85. The van der Waals surface area contributed by atoms with Crippen LogP contribution in [-0.4, -0.2) is 11.2 Å². The number of H-pyrrole nitrogens is 1. The molecule has 0 aliphatic rings. The van der Waals surface area contributed by atoms with Crippen LogP contribution in [-0.2, 0) is 0 Å². The predicted molar refractivity (Wildman–Crippen MR) is 52.4 cm³/mol. The number of aromatic amines is 1. The topological polar surface area (TPSA) is 89.4 Å². The second-order valence-electron chi connectivity index (χ2n) is 2.33. The zero-order valence-electron chi connectivity index (χ0n) is 6.63. The van der Waals surface area contributed by atoms with Crippen molar-refractivity contribution in [2.24, 2.45) is 0 Å². The Morgan fingerprint density at radius 2 is 2.46 bits per heavy atom. The number of halogens is 1. The highest BCUT2D eigenvalue weighted by atomic mass is 35.5. The number of nitriles is 1. The van der Waals surface area contributed by atoms with Gasteiger partial charge >= 0.3 is 0 Å². The lowest BCUT2D eigenvalue weighted by Crippen LogP contribution is -1.85. The normalized spacial score (nSPS) is 11.7. The SMILES string of the molecule is N#C/C(C=N)=C(\Cl)c1cc(N)c[nH]1. The maximum absolute atomic E-state index is 8.58. The Labute approximate surface area is 80.1 Å². The van der Waals surface area contributed by atoms with Crippen LogP contribution in [0.1, 0.15) is 5.69 Å². The van der Waals surface area contributed by atoms with Gasteiger partial charge in [-0.1, -0.05) is 11.6 Å². The van der Waals surface area contributed by atoms with Gasteiger partial charge in [0.05, 0.1) is 16.3 Å². The van der Waals surface area contributed by atoms with Crippen LogP contribution in [0.4, 0.5) is 5.69 Å². The molecule has 1 aromatic heterocycles. The molecule has 66 valence electrons. The van der Waals surface area contributed by atoms with Crippen LogP contribution in [0.2, 0.25) is 0 Å². The van der Waals surface area contributed by atoms with Gasteiger partial charge in [0, 0.05) is 18.1 Å². The molecule has 0 saturated carbocycles. The number of anilines is 1. The van der Waals surface area contributed by atoms with Gasteiger partial charge in [-0.15, -0.1) is 0 Å². The zero-order valence-corrected chi connectivity index (χ0v) is 7.39. The van der Waals surface area contributed by atoms with Crippen molar-refractivity contribution in [3.63, 3.8) is 0 Å². The van der Waals surface area contributed by atoms with Crippen molar-refractivity contribution in [3.8, 4) is 6.07 Å². The van der Waals surface area contributed by atoms with E-state index < -0.39 is 0 Å². The fourth-order valence-electron chi connectivity index (χ4n) is 0.828. The number of nitrogens with zero attached hydrogens (tertiary/aromatic N) is 1. The first-order valence-corrected chi connectivity index (χ1v) is 3.81. The average molecular weight is 195 g/mol. The number of nitrogens with two attached hydrogens (primary N) is 1. The van der Waals surface area contributed by atoms with Crippen LogP contribution in [0, 0.1) is 16.7 Å². The zero-order chi connectivity index (χ0) is 9.84. The molecule has 1 aromatic rings. The largest absolute Gasteiger partial charge is 0.397 e. The van der Waals surface area contributed by atoms with E-state index in [2.05, 4.69) is 4.98 Å². The highest BCUT2D eigenvalue weighted by Crippen LogP contribution is 2.22. The van der Waals surface area contributed by atoms with Gasteiger partial charge in [0.1, 0.15) is 6.07 Å². The van der Waals surface area contributed by atoms with Crippen molar-refractivity contribution in [2.75, 3.05) is 5.73 Å². The Kier molecular flexibility index (Phi) is 2.72. The molecule has 0 radical (unpaired) electrons. The number of nitrogen functional groups attached to an aromatic ring is 1. The summed E-state index contributed by atoms with van der Waals surface area (Å²) in [5.41, 5.74) is 6.63. The van der Waals surface area contributed by atoms with E-state index in [1.165, 1.54) is 0 Å². The Hall–Kier alpha value is -1.73.